The first-order chi connectivity index (χ1) is 4.67. The molecule has 2 aliphatic rings. The Morgan fingerprint density at radius 1 is 1.10 bits per heavy atom. The molecule has 10 heavy (non-hydrogen) atoms. The van der Waals surface area contributed by atoms with Crippen molar-refractivity contribution in [3.8, 4) is 0 Å². The first-order valence-corrected chi connectivity index (χ1v) is 4.38. The van der Waals surface area contributed by atoms with Crippen molar-refractivity contribution in [3.05, 3.63) is 0 Å². The van der Waals surface area contributed by atoms with Crippen LogP contribution in [0.5, 0.6) is 0 Å². The van der Waals surface area contributed by atoms with E-state index in [0.29, 0.717) is 11.8 Å². The Bertz CT molecular complexity index is 133. The molecular formula is C7H10Cl2O. The summed E-state index contributed by atoms with van der Waals surface area (Å²) >= 11 is 12.0. The minimum absolute atomic E-state index is 0.445. The van der Waals surface area contributed by atoms with E-state index < -0.39 is 4.33 Å². The molecule has 0 aromatic carbocycles. The van der Waals surface area contributed by atoms with E-state index in [2.05, 4.69) is 0 Å². The van der Waals surface area contributed by atoms with Gasteiger partial charge in [-0.25, -0.2) is 0 Å². The molecule has 3 heteroatoms. The molecule has 1 aliphatic heterocycles. The molecule has 0 aromatic rings. The second-order valence-electron chi connectivity index (χ2n) is 3.32. The molecule has 1 heterocycles. The number of hydrogen-bond acceptors (Lipinski definition) is 1. The summed E-state index contributed by atoms with van der Waals surface area (Å²) in [5.74, 6) is 1.27. The Hall–Kier alpha value is 0.540. The number of halogens is 2. The summed E-state index contributed by atoms with van der Waals surface area (Å²) in [5, 5.41) is 0. The highest BCUT2D eigenvalue weighted by molar-refractivity contribution is 6.48. The third-order valence-corrected chi connectivity index (χ3v) is 3.07. The molecule has 0 amide bonds. The Kier molecular flexibility index (Phi) is 1.63. The van der Waals surface area contributed by atoms with E-state index in [1.807, 2.05) is 0 Å². The van der Waals surface area contributed by atoms with Gasteiger partial charge in [0.15, 0.2) is 0 Å². The van der Waals surface area contributed by atoms with Crippen LogP contribution in [0.3, 0.4) is 0 Å². The van der Waals surface area contributed by atoms with Crippen LogP contribution in [-0.4, -0.2) is 17.5 Å². The van der Waals surface area contributed by atoms with Crippen molar-refractivity contribution >= 4 is 23.2 Å². The predicted octanol–water partition coefficient (Wildman–Crippen LogP) is 2.22. The molecule has 2 fully saturated rings. The maximum Gasteiger partial charge on any atom is 0.119 e. The summed E-state index contributed by atoms with van der Waals surface area (Å²) in [5.41, 5.74) is 0. The van der Waals surface area contributed by atoms with E-state index in [0.717, 1.165) is 26.1 Å². The predicted molar refractivity (Wildman–Crippen MR) is 41.5 cm³/mol. The van der Waals surface area contributed by atoms with E-state index in [1.54, 1.807) is 0 Å². The number of fused-ring (bicyclic) bond motifs is 1. The lowest BCUT2D eigenvalue weighted by atomic mass is 10.0. The SMILES string of the molecule is ClC1(Cl)C[C@H]2COC[C@H]2C1. The second kappa shape index (κ2) is 2.26. The first-order valence-electron chi connectivity index (χ1n) is 3.63. The average molecular weight is 181 g/mol. The zero-order chi connectivity index (χ0) is 7.19. The summed E-state index contributed by atoms with van der Waals surface area (Å²) in [4.78, 5) is 0. The van der Waals surface area contributed by atoms with Crippen LogP contribution < -0.4 is 0 Å². The summed E-state index contributed by atoms with van der Waals surface area (Å²) in [6.45, 7) is 1.73. The Morgan fingerprint density at radius 3 is 2.10 bits per heavy atom. The normalized spacial score (nSPS) is 43.8. The van der Waals surface area contributed by atoms with Gasteiger partial charge in [-0.2, -0.15) is 0 Å². The molecule has 0 N–H and O–H groups in total. The van der Waals surface area contributed by atoms with Crippen LogP contribution in [0.15, 0.2) is 0 Å². The highest BCUT2D eigenvalue weighted by Crippen LogP contribution is 2.48. The molecule has 0 spiro atoms. The molecule has 2 atom stereocenters. The largest absolute Gasteiger partial charge is 0.381 e. The third-order valence-electron chi connectivity index (χ3n) is 2.45. The van der Waals surface area contributed by atoms with Gasteiger partial charge in [-0.3, -0.25) is 0 Å². The van der Waals surface area contributed by atoms with Gasteiger partial charge in [-0.05, 0) is 24.7 Å². The summed E-state index contributed by atoms with van der Waals surface area (Å²) in [6, 6.07) is 0. The van der Waals surface area contributed by atoms with Gasteiger partial charge in [-0.15, -0.1) is 23.2 Å². The fraction of sp³-hybridized carbons (Fsp3) is 1.00. The monoisotopic (exact) mass is 180 g/mol. The highest BCUT2D eigenvalue weighted by Gasteiger charge is 2.45. The standard InChI is InChI=1S/C7H10Cl2O/c8-7(9)1-5-3-10-4-6(5)2-7/h5-6H,1-4H2/t5-,6+. The maximum atomic E-state index is 5.98. The van der Waals surface area contributed by atoms with E-state index in [4.69, 9.17) is 27.9 Å². The molecule has 2 rings (SSSR count). The Balaban J connectivity index is 2.07. The number of rotatable bonds is 0. The van der Waals surface area contributed by atoms with Crippen LogP contribution in [0.4, 0.5) is 0 Å². The van der Waals surface area contributed by atoms with Gasteiger partial charge in [0.25, 0.3) is 0 Å². The molecule has 1 saturated heterocycles. The molecule has 1 aliphatic carbocycles. The summed E-state index contributed by atoms with van der Waals surface area (Å²) < 4.78 is 4.84. The molecule has 58 valence electrons. The van der Waals surface area contributed by atoms with Crippen LogP contribution in [0.2, 0.25) is 0 Å². The van der Waals surface area contributed by atoms with E-state index in [-0.39, 0.29) is 0 Å². The lowest BCUT2D eigenvalue weighted by molar-refractivity contribution is 0.172. The van der Waals surface area contributed by atoms with E-state index in [1.165, 1.54) is 0 Å². The summed E-state index contributed by atoms with van der Waals surface area (Å²) in [6.07, 6.45) is 1.83. The van der Waals surface area contributed by atoms with Gasteiger partial charge >= 0.3 is 0 Å². The van der Waals surface area contributed by atoms with E-state index >= 15 is 0 Å². The molecular weight excluding hydrogens is 171 g/mol. The van der Waals surface area contributed by atoms with Gasteiger partial charge in [0.2, 0.25) is 0 Å². The minimum atomic E-state index is -0.445. The van der Waals surface area contributed by atoms with Crippen LogP contribution in [0.1, 0.15) is 12.8 Å². The van der Waals surface area contributed by atoms with Crippen molar-refractivity contribution in [3.63, 3.8) is 0 Å². The number of ether oxygens (including phenoxy) is 1. The number of hydrogen-bond donors (Lipinski definition) is 0. The highest BCUT2D eigenvalue weighted by atomic mass is 35.5. The lowest BCUT2D eigenvalue weighted by Gasteiger charge is -2.11. The zero-order valence-electron chi connectivity index (χ0n) is 5.65. The first kappa shape index (κ1) is 7.20. The third kappa shape index (κ3) is 1.15. The van der Waals surface area contributed by atoms with Gasteiger partial charge in [0, 0.05) is 13.2 Å². The van der Waals surface area contributed by atoms with E-state index in [9.17, 15) is 0 Å². The topological polar surface area (TPSA) is 9.23 Å². The van der Waals surface area contributed by atoms with Crippen molar-refractivity contribution in [1.29, 1.82) is 0 Å². The van der Waals surface area contributed by atoms with Crippen molar-refractivity contribution in [1.82, 2.24) is 0 Å². The van der Waals surface area contributed by atoms with Gasteiger partial charge < -0.3 is 4.74 Å². The minimum Gasteiger partial charge on any atom is -0.381 e. The van der Waals surface area contributed by atoms with Crippen LogP contribution in [0.25, 0.3) is 0 Å². The van der Waals surface area contributed by atoms with Gasteiger partial charge in [-0.1, -0.05) is 0 Å². The fourth-order valence-corrected chi connectivity index (χ4v) is 2.74. The Morgan fingerprint density at radius 2 is 1.60 bits per heavy atom. The maximum absolute atomic E-state index is 5.98. The van der Waals surface area contributed by atoms with Crippen molar-refractivity contribution in [2.45, 2.75) is 17.2 Å². The van der Waals surface area contributed by atoms with Gasteiger partial charge in [0.05, 0.1) is 0 Å². The fourth-order valence-electron chi connectivity index (χ4n) is 1.94. The number of alkyl halides is 2. The molecule has 1 saturated carbocycles. The second-order valence-corrected chi connectivity index (χ2v) is 4.96. The summed E-state index contributed by atoms with van der Waals surface area (Å²) in [7, 11) is 0. The molecule has 0 aromatic heterocycles. The zero-order valence-corrected chi connectivity index (χ0v) is 7.16. The van der Waals surface area contributed by atoms with Crippen molar-refractivity contribution in [2.75, 3.05) is 13.2 Å². The Labute approximate surface area is 70.6 Å². The van der Waals surface area contributed by atoms with Crippen LogP contribution in [0, 0.1) is 11.8 Å². The lowest BCUT2D eigenvalue weighted by Crippen LogP contribution is -2.09. The average Bonchev–Trinajstić information content (AvgIpc) is 2.20. The molecule has 0 bridgehead atoms. The van der Waals surface area contributed by atoms with Crippen molar-refractivity contribution in [2.24, 2.45) is 11.8 Å². The molecule has 1 nitrogen and oxygen atoms in total. The van der Waals surface area contributed by atoms with Gasteiger partial charge in [0.1, 0.15) is 4.33 Å². The van der Waals surface area contributed by atoms with Crippen LogP contribution >= 0.6 is 23.2 Å². The quantitative estimate of drug-likeness (QED) is 0.520. The van der Waals surface area contributed by atoms with Crippen LogP contribution in [-0.2, 0) is 4.74 Å². The van der Waals surface area contributed by atoms with Crippen molar-refractivity contribution < 1.29 is 4.74 Å². The molecule has 0 unspecified atom stereocenters. The smallest absolute Gasteiger partial charge is 0.119 e. The molecule has 0 radical (unpaired) electrons.